The Balaban J connectivity index is 2.52. The number of alkyl halides is 1. The Bertz CT molecular complexity index is 317. The predicted octanol–water partition coefficient (Wildman–Crippen LogP) is 2.67. The van der Waals surface area contributed by atoms with Crippen LogP contribution in [0.4, 0.5) is 4.79 Å². The summed E-state index contributed by atoms with van der Waals surface area (Å²) in [6, 6.07) is 6.75. The summed E-state index contributed by atoms with van der Waals surface area (Å²) in [7, 11) is 0. The molecule has 1 amide bonds. The number of para-hydroxylation sites is 1. The molecule has 1 N–H and O–H groups in total. The van der Waals surface area contributed by atoms with Gasteiger partial charge in [-0.15, -0.1) is 11.6 Å². The monoisotopic (exact) mass is 233 g/mol. The molecule has 14 heavy (non-hydrogen) atoms. The minimum atomic E-state index is -0.557. The summed E-state index contributed by atoms with van der Waals surface area (Å²) in [5.74, 6) is 0.679. The average molecular weight is 234 g/mol. The van der Waals surface area contributed by atoms with Gasteiger partial charge in [-0.05, 0) is 12.1 Å². The first-order valence-corrected chi connectivity index (χ1v) is 4.91. The molecular weight excluding hydrogens is 225 g/mol. The molecule has 0 bridgehead atoms. The summed E-state index contributed by atoms with van der Waals surface area (Å²) in [6.45, 7) is 0.366. The maximum Gasteiger partial charge on any atom is 0.412 e. The molecule has 0 saturated carbocycles. The van der Waals surface area contributed by atoms with Gasteiger partial charge >= 0.3 is 6.09 Å². The summed E-state index contributed by atoms with van der Waals surface area (Å²) < 4.78 is 4.91. The van der Waals surface area contributed by atoms with E-state index in [0.29, 0.717) is 23.2 Å². The molecule has 0 saturated heterocycles. The molecule has 0 spiro atoms. The molecule has 0 fully saturated rings. The number of hydrogen-bond acceptors (Lipinski definition) is 2. The molecule has 3 nitrogen and oxygen atoms in total. The molecule has 5 heteroatoms. The zero-order valence-electron chi connectivity index (χ0n) is 7.30. The van der Waals surface area contributed by atoms with Crippen LogP contribution in [0.1, 0.15) is 0 Å². The number of ether oxygens (including phenoxy) is 1. The summed E-state index contributed by atoms with van der Waals surface area (Å²) >= 11 is 11.2. The van der Waals surface area contributed by atoms with Crippen molar-refractivity contribution >= 4 is 29.3 Å². The largest absolute Gasteiger partial charge is 0.412 e. The maximum absolute atomic E-state index is 11.1. The summed E-state index contributed by atoms with van der Waals surface area (Å²) in [5, 5.41) is 2.85. The molecule has 0 heterocycles. The molecule has 1 aromatic rings. The molecule has 1 aromatic carbocycles. The van der Waals surface area contributed by atoms with Crippen LogP contribution in [0.2, 0.25) is 5.02 Å². The van der Waals surface area contributed by atoms with Crippen LogP contribution in [-0.2, 0) is 0 Å². The third kappa shape index (κ3) is 3.44. The van der Waals surface area contributed by atoms with Crippen LogP contribution in [0.5, 0.6) is 5.75 Å². The Labute approximate surface area is 92.0 Å². The van der Waals surface area contributed by atoms with Crippen molar-refractivity contribution in [1.82, 2.24) is 5.32 Å². The van der Waals surface area contributed by atoms with Crippen LogP contribution < -0.4 is 10.1 Å². The molecule has 0 aromatic heterocycles. The number of carbonyl (C=O) groups is 1. The first-order chi connectivity index (χ1) is 6.74. The van der Waals surface area contributed by atoms with Gasteiger partial charge in [0.25, 0.3) is 0 Å². The van der Waals surface area contributed by atoms with Crippen molar-refractivity contribution in [2.75, 3.05) is 12.4 Å². The van der Waals surface area contributed by atoms with Crippen LogP contribution >= 0.6 is 23.2 Å². The van der Waals surface area contributed by atoms with Gasteiger partial charge < -0.3 is 10.1 Å². The van der Waals surface area contributed by atoms with Crippen LogP contribution in [0.3, 0.4) is 0 Å². The van der Waals surface area contributed by atoms with Crippen LogP contribution in [-0.4, -0.2) is 18.5 Å². The first kappa shape index (κ1) is 11.1. The van der Waals surface area contributed by atoms with Crippen molar-refractivity contribution in [3.8, 4) is 5.75 Å². The molecule has 0 atom stereocenters. The highest BCUT2D eigenvalue weighted by Gasteiger charge is 2.05. The van der Waals surface area contributed by atoms with Crippen molar-refractivity contribution in [1.29, 1.82) is 0 Å². The quantitative estimate of drug-likeness (QED) is 0.816. The van der Waals surface area contributed by atoms with E-state index in [1.54, 1.807) is 24.3 Å². The number of rotatable bonds is 3. The van der Waals surface area contributed by atoms with Crippen molar-refractivity contribution in [3.05, 3.63) is 29.3 Å². The molecule has 1 rings (SSSR count). The summed E-state index contributed by atoms with van der Waals surface area (Å²) in [5.41, 5.74) is 0. The summed E-state index contributed by atoms with van der Waals surface area (Å²) in [4.78, 5) is 11.1. The lowest BCUT2D eigenvalue weighted by Crippen LogP contribution is -2.28. The number of benzene rings is 1. The highest BCUT2D eigenvalue weighted by molar-refractivity contribution is 6.32. The van der Waals surface area contributed by atoms with Crippen molar-refractivity contribution in [2.45, 2.75) is 0 Å². The third-order valence-corrected chi connectivity index (χ3v) is 1.90. The second kappa shape index (κ2) is 5.73. The Morgan fingerprint density at radius 3 is 2.79 bits per heavy atom. The van der Waals surface area contributed by atoms with Crippen molar-refractivity contribution in [2.24, 2.45) is 0 Å². The van der Waals surface area contributed by atoms with Gasteiger partial charge in [-0.3, -0.25) is 0 Å². The SMILES string of the molecule is O=C(NCCCl)Oc1ccccc1Cl. The van der Waals surface area contributed by atoms with Gasteiger partial charge in [0.1, 0.15) is 0 Å². The van der Waals surface area contributed by atoms with E-state index in [-0.39, 0.29) is 0 Å². The Hall–Kier alpha value is -0.930. The number of nitrogens with one attached hydrogen (secondary N) is 1. The van der Waals surface area contributed by atoms with Gasteiger partial charge in [0.15, 0.2) is 5.75 Å². The zero-order valence-corrected chi connectivity index (χ0v) is 8.81. The molecule has 0 aliphatic rings. The van der Waals surface area contributed by atoms with Gasteiger partial charge in [-0.2, -0.15) is 0 Å². The average Bonchev–Trinajstić information content (AvgIpc) is 2.18. The fraction of sp³-hybridized carbons (Fsp3) is 0.222. The first-order valence-electron chi connectivity index (χ1n) is 4.00. The molecule has 0 unspecified atom stereocenters. The van der Waals surface area contributed by atoms with E-state index < -0.39 is 6.09 Å². The van der Waals surface area contributed by atoms with E-state index in [9.17, 15) is 4.79 Å². The van der Waals surface area contributed by atoms with E-state index in [0.717, 1.165) is 0 Å². The zero-order chi connectivity index (χ0) is 10.4. The molecule has 0 aliphatic heterocycles. The number of amides is 1. The van der Waals surface area contributed by atoms with Gasteiger partial charge in [-0.1, -0.05) is 23.7 Å². The fourth-order valence-electron chi connectivity index (χ4n) is 0.813. The van der Waals surface area contributed by atoms with E-state index in [1.807, 2.05) is 0 Å². The molecular formula is C9H9Cl2NO2. The number of hydrogen-bond donors (Lipinski definition) is 1. The van der Waals surface area contributed by atoms with E-state index in [4.69, 9.17) is 27.9 Å². The van der Waals surface area contributed by atoms with Gasteiger partial charge in [0.05, 0.1) is 5.02 Å². The maximum atomic E-state index is 11.1. The predicted molar refractivity (Wildman–Crippen MR) is 56.2 cm³/mol. The Morgan fingerprint density at radius 2 is 2.14 bits per heavy atom. The third-order valence-electron chi connectivity index (χ3n) is 1.40. The van der Waals surface area contributed by atoms with Gasteiger partial charge in [0.2, 0.25) is 0 Å². The van der Waals surface area contributed by atoms with Gasteiger partial charge in [-0.25, -0.2) is 4.79 Å². The minimum absolute atomic E-state index is 0.334. The highest BCUT2D eigenvalue weighted by atomic mass is 35.5. The minimum Gasteiger partial charge on any atom is -0.409 e. The number of halogens is 2. The molecule has 0 aliphatic carbocycles. The topological polar surface area (TPSA) is 38.3 Å². The normalized spacial score (nSPS) is 9.57. The van der Waals surface area contributed by atoms with E-state index in [2.05, 4.69) is 5.32 Å². The lowest BCUT2D eigenvalue weighted by Gasteiger charge is -2.05. The second-order valence-electron chi connectivity index (χ2n) is 2.44. The highest BCUT2D eigenvalue weighted by Crippen LogP contribution is 2.22. The van der Waals surface area contributed by atoms with Crippen molar-refractivity contribution < 1.29 is 9.53 Å². The molecule has 76 valence electrons. The van der Waals surface area contributed by atoms with Crippen LogP contribution in [0.15, 0.2) is 24.3 Å². The lowest BCUT2D eigenvalue weighted by molar-refractivity contribution is 0.201. The Kier molecular flexibility index (Phi) is 4.56. The van der Waals surface area contributed by atoms with E-state index >= 15 is 0 Å². The van der Waals surface area contributed by atoms with Crippen molar-refractivity contribution in [3.63, 3.8) is 0 Å². The van der Waals surface area contributed by atoms with E-state index in [1.165, 1.54) is 0 Å². The number of carbonyl (C=O) groups excluding carboxylic acids is 1. The second-order valence-corrected chi connectivity index (χ2v) is 3.22. The standard InChI is InChI=1S/C9H9Cl2NO2/c10-5-6-12-9(13)14-8-4-2-1-3-7(8)11/h1-4H,5-6H2,(H,12,13). The fourth-order valence-corrected chi connectivity index (χ4v) is 1.08. The summed E-state index contributed by atoms with van der Waals surface area (Å²) in [6.07, 6.45) is -0.557. The van der Waals surface area contributed by atoms with Gasteiger partial charge in [0, 0.05) is 12.4 Å². The Morgan fingerprint density at radius 1 is 1.43 bits per heavy atom. The smallest absolute Gasteiger partial charge is 0.409 e. The lowest BCUT2D eigenvalue weighted by atomic mass is 10.3. The van der Waals surface area contributed by atoms with Crippen LogP contribution in [0, 0.1) is 0 Å². The molecule has 0 radical (unpaired) electrons. The van der Waals surface area contributed by atoms with Crippen LogP contribution in [0.25, 0.3) is 0 Å².